The van der Waals surface area contributed by atoms with Crippen molar-refractivity contribution in [2.24, 2.45) is 0 Å². The summed E-state index contributed by atoms with van der Waals surface area (Å²) in [5.41, 5.74) is 5.14. The maximum atomic E-state index is 8.74. The predicted octanol–water partition coefficient (Wildman–Crippen LogP) is 1.35. The van der Waals surface area contributed by atoms with Crippen molar-refractivity contribution in [2.75, 3.05) is 24.2 Å². The number of nitrogens with two attached hydrogens (primary N) is 1. The summed E-state index contributed by atoms with van der Waals surface area (Å²) >= 11 is 10.9. The Morgan fingerprint density at radius 1 is 1.20 bits per heavy atom. The van der Waals surface area contributed by atoms with E-state index < -0.39 is 0 Å². The third-order valence-corrected chi connectivity index (χ3v) is 2.51. The number of hydrogen-bond acceptors (Lipinski definition) is 8. The molecule has 0 spiro atoms. The summed E-state index contributed by atoms with van der Waals surface area (Å²) < 4.78 is 5.23. The van der Waals surface area contributed by atoms with E-state index in [1.807, 2.05) is 0 Å². The number of anilines is 2. The average molecular weight is 317 g/mol. The summed E-state index contributed by atoms with van der Waals surface area (Å²) in [6, 6.07) is 0. The van der Waals surface area contributed by atoms with E-state index in [1.54, 1.807) is 6.20 Å². The number of nitrogens with one attached hydrogen (secondary N) is 1. The highest BCUT2D eigenvalue weighted by molar-refractivity contribution is 6.28. The van der Waals surface area contributed by atoms with Crippen LogP contribution in [0.15, 0.2) is 12.4 Å². The first-order valence-corrected chi connectivity index (χ1v) is 6.18. The Bertz CT molecular complexity index is 612. The molecule has 0 unspecified atom stereocenters. The molecule has 0 fully saturated rings. The van der Waals surface area contributed by atoms with Crippen LogP contribution in [0.3, 0.4) is 0 Å². The van der Waals surface area contributed by atoms with Crippen LogP contribution in [0.2, 0.25) is 10.6 Å². The van der Waals surface area contributed by atoms with Crippen LogP contribution in [-0.4, -0.2) is 38.2 Å². The van der Waals surface area contributed by atoms with E-state index in [0.29, 0.717) is 18.2 Å². The largest absolute Gasteiger partial charge is 0.503 e. The topological polar surface area (TPSA) is 119 Å². The maximum Gasteiger partial charge on any atom is 0.224 e. The van der Waals surface area contributed by atoms with Gasteiger partial charge < -0.3 is 20.9 Å². The summed E-state index contributed by atoms with van der Waals surface area (Å²) in [4.78, 5) is 14.6. The van der Waals surface area contributed by atoms with Crippen LogP contribution < -0.4 is 15.8 Å². The van der Waals surface area contributed by atoms with E-state index in [-0.39, 0.29) is 22.1 Å². The molecular formula is C10H10Cl2N6O2. The third-order valence-electron chi connectivity index (χ3n) is 2.15. The zero-order chi connectivity index (χ0) is 14.5. The van der Waals surface area contributed by atoms with Gasteiger partial charge in [-0.05, 0) is 23.2 Å². The Morgan fingerprint density at radius 2 is 1.90 bits per heavy atom. The fraction of sp³-hybridized carbons (Fsp3) is 0.200. The van der Waals surface area contributed by atoms with E-state index in [9.17, 15) is 0 Å². The average Bonchev–Trinajstić information content (AvgIpc) is 2.44. The zero-order valence-electron chi connectivity index (χ0n) is 10.0. The predicted molar refractivity (Wildman–Crippen MR) is 74.1 cm³/mol. The maximum absolute atomic E-state index is 8.74. The lowest BCUT2D eigenvalue weighted by Gasteiger charge is -2.16. The number of aromatic hydroxyl groups is 1. The minimum Gasteiger partial charge on any atom is -0.503 e. The molecule has 3 heterocycles. The van der Waals surface area contributed by atoms with Gasteiger partial charge in [-0.1, -0.05) is 0 Å². The minimum absolute atomic E-state index is 0.00463. The van der Waals surface area contributed by atoms with Crippen molar-refractivity contribution in [2.45, 2.75) is 0 Å². The summed E-state index contributed by atoms with van der Waals surface area (Å²) in [5, 5.41) is 12.0. The number of halogens is 2. The van der Waals surface area contributed by atoms with E-state index >= 15 is 0 Å². The molecule has 20 heavy (non-hydrogen) atoms. The molecule has 10 heteroatoms. The highest BCUT2D eigenvalue weighted by atomic mass is 35.5. The summed E-state index contributed by atoms with van der Waals surface area (Å²) in [7, 11) is 0. The van der Waals surface area contributed by atoms with Crippen LogP contribution >= 0.6 is 23.2 Å². The molecule has 0 saturated carbocycles. The molecule has 1 aliphatic heterocycles. The van der Waals surface area contributed by atoms with Gasteiger partial charge in [-0.25, -0.2) is 9.97 Å². The molecule has 2 aromatic rings. The van der Waals surface area contributed by atoms with Gasteiger partial charge in [0.25, 0.3) is 0 Å². The molecular weight excluding hydrogens is 307 g/mol. The number of hydrogen-bond donors (Lipinski definition) is 3. The molecule has 1 aliphatic rings. The lowest BCUT2D eigenvalue weighted by Crippen LogP contribution is -2.19. The molecule has 8 nitrogen and oxygen atoms in total. The fourth-order valence-corrected chi connectivity index (χ4v) is 1.55. The molecule has 106 valence electrons. The summed E-state index contributed by atoms with van der Waals surface area (Å²) in [5.74, 6) is 1.19. The Hall–Kier alpha value is -2.06. The number of aromatic nitrogens is 4. The molecule has 4 N–H and O–H groups in total. The van der Waals surface area contributed by atoms with Gasteiger partial charge in [0, 0.05) is 0 Å². The van der Waals surface area contributed by atoms with Crippen molar-refractivity contribution in [3.05, 3.63) is 23.0 Å². The van der Waals surface area contributed by atoms with Crippen LogP contribution in [0.1, 0.15) is 0 Å². The van der Waals surface area contributed by atoms with Crippen LogP contribution in [0.25, 0.3) is 0 Å². The van der Waals surface area contributed by atoms with Gasteiger partial charge in [-0.2, -0.15) is 9.97 Å². The molecule has 0 saturated heterocycles. The zero-order valence-corrected chi connectivity index (χ0v) is 11.6. The van der Waals surface area contributed by atoms with Gasteiger partial charge in [-0.15, -0.1) is 0 Å². The summed E-state index contributed by atoms with van der Waals surface area (Å²) in [6.45, 7) is 1.42. The van der Waals surface area contributed by atoms with Crippen LogP contribution in [0, 0.1) is 0 Å². The van der Waals surface area contributed by atoms with Crippen LogP contribution in [-0.2, 0) is 0 Å². The molecule has 0 aromatic carbocycles. The third kappa shape index (κ3) is 3.72. The summed E-state index contributed by atoms with van der Waals surface area (Å²) in [6.07, 6.45) is 2.71. The number of rotatable bonds is 0. The highest BCUT2D eigenvalue weighted by Crippen LogP contribution is 2.24. The molecule has 3 rings (SSSR count). The van der Waals surface area contributed by atoms with Crippen molar-refractivity contribution in [3.63, 3.8) is 0 Å². The lowest BCUT2D eigenvalue weighted by atomic mass is 10.4. The van der Waals surface area contributed by atoms with E-state index in [1.165, 1.54) is 0 Å². The van der Waals surface area contributed by atoms with Crippen LogP contribution in [0.4, 0.5) is 11.6 Å². The van der Waals surface area contributed by atoms with Gasteiger partial charge in [0.2, 0.25) is 10.6 Å². The van der Waals surface area contributed by atoms with Crippen molar-refractivity contribution in [1.29, 1.82) is 0 Å². The SMILES string of the molecule is Clc1ncc2c(n1)NCCO2.Nc1nc(Cl)ncc1O. The Balaban J connectivity index is 0.000000151. The minimum atomic E-state index is -0.153. The van der Waals surface area contributed by atoms with Crippen molar-refractivity contribution >= 4 is 34.8 Å². The van der Waals surface area contributed by atoms with Gasteiger partial charge >= 0.3 is 0 Å². The van der Waals surface area contributed by atoms with E-state index in [0.717, 1.165) is 12.7 Å². The first-order valence-electron chi connectivity index (χ1n) is 5.42. The van der Waals surface area contributed by atoms with Gasteiger partial charge in [-0.3, -0.25) is 0 Å². The number of nitrogens with zero attached hydrogens (tertiary/aromatic N) is 4. The second-order valence-electron chi connectivity index (χ2n) is 3.54. The van der Waals surface area contributed by atoms with Crippen molar-refractivity contribution in [1.82, 2.24) is 19.9 Å². The first-order chi connectivity index (χ1) is 9.56. The monoisotopic (exact) mass is 316 g/mol. The Kier molecular flexibility index (Phi) is 4.59. The van der Waals surface area contributed by atoms with Crippen molar-refractivity contribution < 1.29 is 9.84 Å². The molecule has 0 amide bonds. The fourth-order valence-electron chi connectivity index (χ4n) is 1.28. The molecule has 0 aliphatic carbocycles. The molecule has 0 bridgehead atoms. The normalized spacial score (nSPS) is 12.3. The van der Waals surface area contributed by atoms with E-state index in [2.05, 4.69) is 25.3 Å². The van der Waals surface area contributed by atoms with Gasteiger partial charge in [0.1, 0.15) is 6.61 Å². The molecule has 0 atom stereocenters. The highest BCUT2D eigenvalue weighted by Gasteiger charge is 2.10. The molecule has 0 radical (unpaired) electrons. The first kappa shape index (κ1) is 14.4. The van der Waals surface area contributed by atoms with E-state index in [4.69, 9.17) is 38.8 Å². The number of ether oxygens (including phenoxy) is 1. The Morgan fingerprint density at radius 3 is 2.60 bits per heavy atom. The quantitative estimate of drug-likeness (QED) is 0.623. The lowest BCUT2D eigenvalue weighted by molar-refractivity contribution is 0.320. The van der Waals surface area contributed by atoms with Gasteiger partial charge in [0.05, 0.1) is 18.9 Å². The standard InChI is InChI=1S/C6H6ClN3O.C4H4ClN3O/c7-6-9-3-4-5(10-6)8-1-2-11-4;5-4-7-1-2(9)3(6)8-4/h3H,1-2H2,(H,8,9,10);1,9H,(H2,6,7,8). The number of nitrogen functional groups attached to an aromatic ring is 1. The molecule has 2 aromatic heterocycles. The second kappa shape index (κ2) is 6.40. The second-order valence-corrected chi connectivity index (χ2v) is 4.21. The van der Waals surface area contributed by atoms with Crippen molar-refractivity contribution in [3.8, 4) is 11.5 Å². The Labute approximate surface area is 124 Å². The smallest absolute Gasteiger partial charge is 0.224 e. The van der Waals surface area contributed by atoms with Gasteiger partial charge in [0.15, 0.2) is 23.1 Å². The number of fused-ring (bicyclic) bond motifs is 1. The van der Waals surface area contributed by atoms with Crippen LogP contribution in [0.5, 0.6) is 11.5 Å².